The average Bonchev–Trinajstić information content (AvgIpc) is 3.74. The van der Waals surface area contributed by atoms with Gasteiger partial charge >= 0.3 is 0 Å². The quantitative estimate of drug-likeness (QED) is 0.164. The molecule has 1 aliphatic heterocycles. The van der Waals surface area contributed by atoms with E-state index in [9.17, 15) is 5.11 Å². The molecule has 264 valence electrons. The SMILES string of the molecule is CC(O)CCCOc1nn(C2CCC(N3C[C@@H](C)O[C@@H](C)C3)CC2)cc1Nc1ncc(-c2ccc(Cl)c(O[C@@H](C)Cn3cnnn3)c2)cn1. The van der Waals surface area contributed by atoms with Crippen LogP contribution in [0.4, 0.5) is 11.6 Å². The van der Waals surface area contributed by atoms with Gasteiger partial charge in [0.1, 0.15) is 23.9 Å². The van der Waals surface area contributed by atoms with Crippen molar-refractivity contribution in [3.63, 3.8) is 0 Å². The number of hydrogen-bond donors (Lipinski definition) is 2. The summed E-state index contributed by atoms with van der Waals surface area (Å²) in [5, 5.41) is 29.6. The molecule has 4 heterocycles. The number of benzene rings is 1. The van der Waals surface area contributed by atoms with Crippen LogP contribution in [0.25, 0.3) is 11.1 Å². The number of anilines is 2. The number of nitrogens with zero attached hydrogens (tertiary/aromatic N) is 9. The van der Waals surface area contributed by atoms with Crippen LogP contribution in [0.5, 0.6) is 11.6 Å². The zero-order chi connectivity index (χ0) is 34.3. The van der Waals surface area contributed by atoms with Crippen LogP contribution >= 0.6 is 11.6 Å². The van der Waals surface area contributed by atoms with Crippen molar-refractivity contribution in [3.8, 4) is 22.8 Å². The Labute approximate surface area is 292 Å². The second kappa shape index (κ2) is 16.2. The minimum absolute atomic E-state index is 0.212. The highest BCUT2D eigenvalue weighted by Crippen LogP contribution is 2.36. The van der Waals surface area contributed by atoms with Crippen LogP contribution in [0.3, 0.4) is 0 Å². The van der Waals surface area contributed by atoms with Gasteiger partial charge in [0.15, 0.2) is 0 Å². The molecule has 4 aromatic rings. The van der Waals surface area contributed by atoms with Crippen molar-refractivity contribution >= 4 is 23.2 Å². The smallest absolute Gasteiger partial charge is 0.256 e. The Morgan fingerprint density at radius 3 is 2.47 bits per heavy atom. The third-order valence-electron chi connectivity index (χ3n) is 9.03. The number of tetrazole rings is 1. The molecule has 3 aromatic heterocycles. The van der Waals surface area contributed by atoms with Crippen molar-refractivity contribution in [2.75, 3.05) is 25.0 Å². The topological polar surface area (TPSA) is 150 Å². The first kappa shape index (κ1) is 35.0. The fourth-order valence-electron chi connectivity index (χ4n) is 6.72. The van der Waals surface area contributed by atoms with Crippen molar-refractivity contribution in [2.45, 2.75) is 109 Å². The van der Waals surface area contributed by atoms with Gasteiger partial charge in [0.05, 0.1) is 48.7 Å². The highest BCUT2D eigenvalue weighted by atomic mass is 35.5. The van der Waals surface area contributed by atoms with Crippen LogP contribution in [0.15, 0.2) is 43.1 Å². The molecule has 0 amide bonds. The molecule has 1 saturated heterocycles. The highest BCUT2D eigenvalue weighted by molar-refractivity contribution is 6.32. The molecular weight excluding hydrogens is 648 g/mol. The lowest BCUT2D eigenvalue weighted by atomic mass is 9.89. The summed E-state index contributed by atoms with van der Waals surface area (Å²) in [6.45, 7) is 11.0. The van der Waals surface area contributed by atoms with Gasteiger partial charge in [-0.05, 0) is 94.3 Å². The summed E-state index contributed by atoms with van der Waals surface area (Å²) >= 11 is 6.46. The van der Waals surface area contributed by atoms with Gasteiger partial charge in [0, 0.05) is 37.1 Å². The van der Waals surface area contributed by atoms with Crippen LogP contribution in [0.2, 0.25) is 5.02 Å². The average molecular weight is 695 g/mol. The van der Waals surface area contributed by atoms with Crippen LogP contribution in [-0.4, -0.2) is 100 Å². The fraction of sp³-hybridized carbons (Fsp3) is 0.588. The summed E-state index contributed by atoms with van der Waals surface area (Å²) in [5.41, 5.74) is 2.39. The first-order valence-electron chi connectivity index (χ1n) is 17.3. The van der Waals surface area contributed by atoms with Crippen molar-refractivity contribution in [2.24, 2.45) is 0 Å². The number of aromatic nitrogens is 8. The van der Waals surface area contributed by atoms with Gasteiger partial charge in [0.25, 0.3) is 5.88 Å². The van der Waals surface area contributed by atoms with Crippen LogP contribution in [0.1, 0.15) is 72.3 Å². The van der Waals surface area contributed by atoms with E-state index in [0.29, 0.717) is 53.9 Å². The third kappa shape index (κ3) is 9.44. The molecule has 1 saturated carbocycles. The number of morpholine rings is 1. The maximum absolute atomic E-state index is 9.70. The minimum Gasteiger partial charge on any atom is -0.487 e. The van der Waals surface area contributed by atoms with Gasteiger partial charge in [-0.2, -0.15) is 0 Å². The van der Waals surface area contributed by atoms with Crippen molar-refractivity contribution in [1.82, 2.24) is 44.9 Å². The minimum atomic E-state index is -0.373. The van der Waals surface area contributed by atoms with Crippen LogP contribution in [0, 0.1) is 0 Å². The number of aliphatic hydroxyl groups is 1. The molecule has 0 spiro atoms. The van der Waals surface area contributed by atoms with Gasteiger partial charge in [-0.3, -0.25) is 9.58 Å². The van der Waals surface area contributed by atoms with E-state index in [4.69, 9.17) is 30.9 Å². The Morgan fingerprint density at radius 2 is 1.78 bits per heavy atom. The molecule has 1 unspecified atom stereocenters. The van der Waals surface area contributed by atoms with Crippen molar-refractivity contribution in [1.29, 1.82) is 0 Å². The van der Waals surface area contributed by atoms with Gasteiger partial charge in [-0.25, -0.2) is 14.6 Å². The molecular formula is C34H47ClN10O4. The summed E-state index contributed by atoms with van der Waals surface area (Å²) in [7, 11) is 0. The van der Waals surface area contributed by atoms with Crippen LogP contribution in [-0.2, 0) is 11.3 Å². The number of aliphatic hydroxyl groups excluding tert-OH is 1. The standard InChI is InChI=1S/C34H47ClN10O4/c1-22(46)6-5-13-47-33-31(20-45(40-33)29-10-8-28(9-11-29)43-17-23(2)48-24(3)18-43)39-34-36-15-27(16-37-34)26-7-12-30(35)32(14-26)49-25(4)19-44-21-38-41-42-44/h7,12,14-16,20-25,28-29,46H,5-6,8-11,13,17-19H2,1-4H3,(H,36,37,39)/t22?,23-,24+,25-,28?,29?/m0/s1. The second-order valence-electron chi connectivity index (χ2n) is 13.4. The molecule has 1 aromatic carbocycles. The first-order chi connectivity index (χ1) is 23.7. The summed E-state index contributed by atoms with van der Waals surface area (Å²) in [5.74, 6) is 1.48. The second-order valence-corrected chi connectivity index (χ2v) is 13.8. The Kier molecular flexibility index (Phi) is 11.6. The molecule has 14 nitrogen and oxygen atoms in total. The van der Waals surface area contributed by atoms with E-state index in [1.807, 2.05) is 29.9 Å². The van der Waals surface area contributed by atoms with Crippen LogP contribution < -0.4 is 14.8 Å². The van der Waals surface area contributed by atoms with E-state index >= 15 is 0 Å². The first-order valence-corrected chi connectivity index (χ1v) is 17.6. The van der Waals surface area contributed by atoms with E-state index in [-0.39, 0.29) is 30.5 Å². The lowest BCUT2D eigenvalue weighted by molar-refractivity contribution is -0.0852. The number of ether oxygens (including phenoxy) is 3. The Morgan fingerprint density at radius 1 is 1.04 bits per heavy atom. The van der Waals surface area contributed by atoms with E-state index in [1.165, 1.54) is 0 Å². The molecule has 6 rings (SSSR count). The lowest BCUT2D eigenvalue weighted by Crippen LogP contribution is -2.51. The van der Waals surface area contributed by atoms with E-state index in [2.05, 4.69) is 49.6 Å². The molecule has 0 radical (unpaired) electrons. The van der Waals surface area contributed by atoms with Crippen molar-refractivity contribution < 1.29 is 19.3 Å². The largest absolute Gasteiger partial charge is 0.487 e. The lowest BCUT2D eigenvalue weighted by Gasteiger charge is -2.42. The zero-order valence-corrected chi connectivity index (χ0v) is 29.4. The number of halogens is 1. The predicted octanol–water partition coefficient (Wildman–Crippen LogP) is 5.32. The molecule has 15 heteroatoms. The number of hydrogen-bond acceptors (Lipinski definition) is 12. The van der Waals surface area contributed by atoms with Crippen molar-refractivity contribution in [3.05, 3.63) is 48.1 Å². The van der Waals surface area contributed by atoms with E-state index < -0.39 is 0 Å². The molecule has 2 fully saturated rings. The number of nitrogens with one attached hydrogen (secondary N) is 1. The third-order valence-corrected chi connectivity index (χ3v) is 9.35. The monoisotopic (exact) mass is 694 g/mol. The Hall–Kier alpha value is -3.85. The van der Waals surface area contributed by atoms with Gasteiger partial charge in [-0.1, -0.05) is 17.7 Å². The normalized spacial score (nSPS) is 22.8. The molecule has 0 bridgehead atoms. The maximum Gasteiger partial charge on any atom is 0.256 e. The molecule has 1 aliphatic carbocycles. The van der Waals surface area contributed by atoms with Gasteiger partial charge < -0.3 is 24.6 Å². The van der Waals surface area contributed by atoms with E-state index in [1.54, 1.807) is 36.4 Å². The summed E-state index contributed by atoms with van der Waals surface area (Å²) in [6, 6.07) is 6.44. The molecule has 4 atom stereocenters. The zero-order valence-electron chi connectivity index (χ0n) is 28.7. The summed E-state index contributed by atoms with van der Waals surface area (Å²) in [4.78, 5) is 11.8. The summed E-state index contributed by atoms with van der Waals surface area (Å²) in [6.07, 6.45) is 12.7. The summed E-state index contributed by atoms with van der Waals surface area (Å²) < 4.78 is 21.8. The van der Waals surface area contributed by atoms with Gasteiger partial charge in [-0.15, -0.1) is 10.2 Å². The maximum atomic E-state index is 9.70. The Bertz CT molecular complexity index is 1600. The highest BCUT2D eigenvalue weighted by Gasteiger charge is 2.32. The fourth-order valence-corrected chi connectivity index (χ4v) is 6.88. The predicted molar refractivity (Wildman–Crippen MR) is 185 cm³/mol. The van der Waals surface area contributed by atoms with E-state index in [0.717, 1.165) is 56.3 Å². The van der Waals surface area contributed by atoms with Gasteiger partial charge in [0.2, 0.25) is 5.95 Å². The molecule has 2 aliphatic rings. The molecule has 49 heavy (non-hydrogen) atoms. The Balaban J connectivity index is 1.12. The number of rotatable bonds is 14. The molecule has 2 N–H and O–H groups in total.